The molecule has 22 heavy (non-hydrogen) atoms. The number of furan rings is 1. The third-order valence-corrected chi connectivity index (χ3v) is 4.26. The third kappa shape index (κ3) is 2.57. The lowest BCUT2D eigenvalue weighted by Gasteiger charge is -2.22. The van der Waals surface area contributed by atoms with Gasteiger partial charge in [0.25, 0.3) is 0 Å². The van der Waals surface area contributed by atoms with Crippen LogP contribution < -0.4 is 5.32 Å². The molecule has 0 spiro atoms. The Morgan fingerprint density at radius 2 is 2.14 bits per heavy atom. The van der Waals surface area contributed by atoms with E-state index in [0.29, 0.717) is 6.04 Å². The summed E-state index contributed by atoms with van der Waals surface area (Å²) in [5, 5.41) is 8.07. The molecule has 0 bridgehead atoms. The number of nitrogens with one attached hydrogen (secondary N) is 1. The maximum Gasteiger partial charge on any atom is 0.108 e. The first-order chi connectivity index (χ1) is 10.9. The van der Waals surface area contributed by atoms with E-state index in [4.69, 9.17) is 4.42 Å². The van der Waals surface area contributed by atoms with Crippen LogP contribution in [0.4, 0.5) is 0 Å². The monoisotopic (exact) mass is 293 g/mol. The fourth-order valence-corrected chi connectivity index (χ4v) is 3.11. The predicted molar refractivity (Wildman–Crippen MR) is 84.8 cm³/mol. The standard InChI is InChI=1S/C18H19N3O/c1-2-5-15(6-3-1)21-13-14(12-20-21)11-19-17-7-4-8-18-16(17)9-10-22-18/h1-3,5-6,9-10,12-13,17,19H,4,7-8,11H2. The van der Waals surface area contributed by atoms with Crippen molar-refractivity contribution in [3.63, 3.8) is 0 Å². The van der Waals surface area contributed by atoms with Crippen LogP contribution in [0.2, 0.25) is 0 Å². The minimum atomic E-state index is 0.391. The van der Waals surface area contributed by atoms with Crippen LogP contribution in [-0.2, 0) is 13.0 Å². The molecule has 0 fully saturated rings. The number of nitrogens with zero attached hydrogens (tertiary/aromatic N) is 2. The van der Waals surface area contributed by atoms with Gasteiger partial charge in [-0.25, -0.2) is 4.68 Å². The molecular weight excluding hydrogens is 274 g/mol. The van der Waals surface area contributed by atoms with E-state index in [0.717, 1.165) is 24.4 Å². The van der Waals surface area contributed by atoms with Gasteiger partial charge in [0, 0.05) is 36.3 Å². The second kappa shape index (κ2) is 5.81. The van der Waals surface area contributed by atoms with Gasteiger partial charge < -0.3 is 9.73 Å². The summed E-state index contributed by atoms with van der Waals surface area (Å²) in [4.78, 5) is 0. The molecule has 3 aromatic rings. The predicted octanol–water partition coefficient (Wildman–Crippen LogP) is 3.63. The molecular formula is C18H19N3O. The Hall–Kier alpha value is -2.33. The SMILES string of the molecule is c1ccc(-n2cc(CNC3CCCc4occc43)cn2)cc1. The van der Waals surface area contributed by atoms with Gasteiger partial charge >= 0.3 is 0 Å². The van der Waals surface area contributed by atoms with Crippen molar-refractivity contribution in [1.29, 1.82) is 0 Å². The van der Waals surface area contributed by atoms with E-state index >= 15 is 0 Å². The maximum absolute atomic E-state index is 5.54. The highest BCUT2D eigenvalue weighted by Crippen LogP contribution is 2.30. The zero-order valence-electron chi connectivity index (χ0n) is 12.4. The van der Waals surface area contributed by atoms with Gasteiger partial charge in [-0.05, 0) is 31.0 Å². The first kappa shape index (κ1) is 13.3. The molecule has 4 heteroatoms. The summed E-state index contributed by atoms with van der Waals surface area (Å²) >= 11 is 0. The summed E-state index contributed by atoms with van der Waals surface area (Å²) in [5.41, 5.74) is 3.60. The fourth-order valence-electron chi connectivity index (χ4n) is 3.11. The first-order valence-corrected chi connectivity index (χ1v) is 7.79. The molecule has 1 aliphatic rings. The molecule has 1 aliphatic carbocycles. The summed E-state index contributed by atoms with van der Waals surface area (Å²) in [5.74, 6) is 1.14. The van der Waals surface area contributed by atoms with Gasteiger partial charge in [0.05, 0.1) is 18.1 Å². The Morgan fingerprint density at radius 3 is 3.05 bits per heavy atom. The summed E-state index contributed by atoms with van der Waals surface area (Å²) in [6.45, 7) is 0.822. The molecule has 1 atom stereocenters. The molecule has 0 amide bonds. The Bertz CT molecular complexity index is 745. The average molecular weight is 293 g/mol. The van der Waals surface area contributed by atoms with Crippen LogP contribution in [0.15, 0.2) is 59.5 Å². The number of aromatic nitrogens is 2. The van der Waals surface area contributed by atoms with E-state index in [1.807, 2.05) is 29.1 Å². The van der Waals surface area contributed by atoms with Crippen molar-refractivity contribution in [3.8, 4) is 5.69 Å². The maximum atomic E-state index is 5.54. The minimum absolute atomic E-state index is 0.391. The molecule has 0 saturated heterocycles. The molecule has 0 saturated carbocycles. The van der Waals surface area contributed by atoms with Crippen molar-refractivity contribution in [2.24, 2.45) is 0 Å². The Labute approximate surface area is 129 Å². The van der Waals surface area contributed by atoms with E-state index in [1.165, 1.54) is 24.0 Å². The van der Waals surface area contributed by atoms with Crippen molar-refractivity contribution in [2.75, 3.05) is 0 Å². The van der Waals surface area contributed by atoms with Gasteiger partial charge in [0.15, 0.2) is 0 Å². The zero-order chi connectivity index (χ0) is 14.8. The minimum Gasteiger partial charge on any atom is -0.469 e. The van der Waals surface area contributed by atoms with E-state index in [1.54, 1.807) is 6.26 Å². The van der Waals surface area contributed by atoms with Crippen LogP contribution in [0.5, 0.6) is 0 Å². The third-order valence-electron chi connectivity index (χ3n) is 4.26. The highest BCUT2D eigenvalue weighted by molar-refractivity contribution is 5.31. The number of hydrogen-bond acceptors (Lipinski definition) is 3. The largest absolute Gasteiger partial charge is 0.469 e. The molecule has 1 aromatic carbocycles. The molecule has 0 radical (unpaired) electrons. The van der Waals surface area contributed by atoms with Crippen molar-refractivity contribution in [1.82, 2.24) is 15.1 Å². The molecule has 1 N–H and O–H groups in total. The molecule has 2 aromatic heterocycles. The van der Waals surface area contributed by atoms with Crippen molar-refractivity contribution >= 4 is 0 Å². The highest BCUT2D eigenvalue weighted by atomic mass is 16.3. The first-order valence-electron chi connectivity index (χ1n) is 7.79. The summed E-state index contributed by atoms with van der Waals surface area (Å²) in [6.07, 6.45) is 9.23. The molecule has 0 aliphatic heterocycles. The number of aryl methyl sites for hydroxylation is 1. The van der Waals surface area contributed by atoms with Gasteiger partial charge in [-0.1, -0.05) is 18.2 Å². The second-order valence-electron chi connectivity index (χ2n) is 5.75. The Kier molecular flexibility index (Phi) is 3.52. The molecule has 4 rings (SSSR count). The number of hydrogen-bond donors (Lipinski definition) is 1. The van der Waals surface area contributed by atoms with Gasteiger partial charge in [-0.15, -0.1) is 0 Å². The van der Waals surface area contributed by atoms with Crippen LogP contribution in [0.1, 0.15) is 35.8 Å². The fraction of sp³-hybridized carbons (Fsp3) is 0.278. The lowest BCUT2D eigenvalue weighted by molar-refractivity contribution is 0.411. The van der Waals surface area contributed by atoms with E-state index < -0.39 is 0 Å². The highest BCUT2D eigenvalue weighted by Gasteiger charge is 2.22. The summed E-state index contributed by atoms with van der Waals surface area (Å²) < 4.78 is 7.46. The molecule has 2 heterocycles. The van der Waals surface area contributed by atoms with Gasteiger partial charge in [0.2, 0.25) is 0 Å². The smallest absolute Gasteiger partial charge is 0.108 e. The van der Waals surface area contributed by atoms with Crippen LogP contribution >= 0.6 is 0 Å². The topological polar surface area (TPSA) is 43.0 Å². The number of benzene rings is 1. The van der Waals surface area contributed by atoms with Gasteiger partial charge in [0.1, 0.15) is 5.76 Å². The van der Waals surface area contributed by atoms with Gasteiger partial charge in [-0.3, -0.25) is 0 Å². The number of para-hydroxylation sites is 1. The van der Waals surface area contributed by atoms with Crippen LogP contribution in [-0.4, -0.2) is 9.78 Å². The average Bonchev–Trinajstić information content (AvgIpc) is 3.23. The lowest BCUT2D eigenvalue weighted by atomic mass is 9.93. The van der Waals surface area contributed by atoms with Crippen molar-refractivity contribution < 1.29 is 4.42 Å². The van der Waals surface area contributed by atoms with Gasteiger partial charge in [-0.2, -0.15) is 5.10 Å². The summed E-state index contributed by atoms with van der Waals surface area (Å²) in [6, 6.07) is 12.7. The molecule has 4 nitrogen and oxygen atoms in total. The lowest BCUT2D eigenvalue weighted by Crippen LogP contribution is -2.23. The van der Waals surface area contributed by atoms with Crippen LogP contribution in [0.3, 0.4) is 0 Å². The zero-order valence-corrected chi connectivity index (χ0v) is 12.4. The van der Waals surface area contributed by atoms with Crippen LogP contribution in [0.25, 0.3) is 5.69 Å². The normalized spacial score (nSPS) is 17.4. The van der Waals surface area contributed by atoms with E-state index in [-0.39, 0.29) is 0 Å². The quantitative estimate of drug-likeness (QED) is 0.798. The van der Waals surface area contributed by atoms with Crippen LogP contribution in [0, 0.1) is 0 Å². The Balaban J connectivity index is 1.44. The van der Waals surface area contributed by atoms with E-state index in [2.05, 4.69) is 34.8 Å². The van der Waals surface area contributed by atoms with Crippen molar-refractivity contribution in [2.45, 2.75) is 31.8 Å². The number of rotatable bonds is 4. The Morgan fingerprint density at radius 1 is 1.23 bits per heavy atom. The molecule has 1 unspecified atom stereocenters. The van der Waals surface area contributed by atoms with E-state index in [9.17, 15) is 0 Å². The van der Waals surface area contributed by atoms with Crippen molar-refractivity contribution in [3.05, 3.63) is 71.9 Å². The molecule has 112 valence electrons. The second-order valence-corrected chi connectivity index (χ2v) is 5.75. The summed E-state index contributed by atoms with van der Waals surface area (Å²) in [7, 11) is 0. The number of fused-ring (bicyclic) bond motifs is 1.